The second kappa shape index (κ2) is 42.9. The minimum atomic E-state index is -5.06. The molecule has 1 fully saturated rings. The van der Waals surface area contributed by atoms with Crippen molar-refractivity contribution in [1.29, 1.82) is 0 Å². The third kappa shape index (κ3) is 35.7. The van der Waals surface area contributed by atoms with Crippen LogP contribution in [0.1, 0.15) is 232 Å². The van der Waals surface area contributed by atoms with Crippen LogP contribution in [-0.4, -0.2) is 97.5 Å². The Hall–Kier alpha value is -1.42. The van der Waals surface area contributed by atoms with E-state index in [4.69, 9.17) is 18.9 Å². The van der Waals surface area contributed by atoms with Gasteiger partial charge in [0, 0.05) is 13.0 Å². The van der Waals surface area contributed by atoms with Crippen LogP contribution in [-0.2, 0) is 38.3 Å². The number of allylic oxidation sites excluding steroid dienone is 4. The van der Waals surface area contributed by atoms with E-state index < -0.39 is 59.8 Å². The van der Waals surface area contributed by atoms with Gasteiger partial charge in [0.25, 0.3) is 0 Å². The lowest BCUT2D eigenvalue weighted by Crippen LogP contribution is -2.60. The second-order valence-corrected chi connectivity index (χ2v) is 19.2. The van der Waals surface area contributed by atoms with Crippen LogP contribution in [0.4, 0.5) is 0 Å². The van der Waals surface area contributed by atoms with Crippen LogP contribution in [0.2, 0.25) is 0 Å². The zero-order valence-corrected chi connectivity index (χ0v) is 41.4. The second-order valence-electron chi connectivity index (χ2n) is 18.1. The van der Waals surface area contributed by atoms with Crippen LogP contribution in [0.5, 0.6) is 0 Å². The Bertz CT molecular complexity index is 1210. The van der Waals surface area contributed by atoms with Crippen molar-refractivity contribution in [3.05, 3.63) is 24.3 Å². The third-order valence-electron chi connectivity index (χ3n) is 12.0. The van der Waals surface area contributed by atoms with Gasteiger partial charge in [-0.1, -0.05) is 186 Å². The van der Waals surface area contributed by atoms with Gasteiger partial charge in [-0.2, -0.15) is 8.42 Å². The van der Waals surface area contributed by atoms with E-state index in [1.807, 2.05) is 0 Å². The quantitative estimate of drug-likeness (QED) is 0.0197. The van der Waals surface area contributed by atoms with Crippen molar-refractivity contribution in [3.8, 4) is 0 Å². The molecule has 0 aliphatic carbocycles. The summed E-state index contributed by atoms with van der Waals surface area (Å²) in [6.07, 6.45) is 40.7. The maximum atomic E-state index is 12.9. The molecule has 1 aliphatic rings. The molecule has 1 heterocycles. The number of esters is 1. The summed E-state index contributed by atoms with van der Waals surface area (Å²) in [5.41, 5.74) is 0. The lowest BCUT2D eigenvalue weighted by atomic mass is 9.99. The third-order valence-corrected chi connectivity index (χ3v) is 12.5. The number of aliphatic hydroxyl groups excluding tert-OH is 3. The molecule has 1 aliphatic heterocycles. The SMILES string of the molecule is CCCCCCCC/C=C\CCCCCCCC(=O)OC(COCCCCCCCCCCCC/C=C\CCCCCCCCCC)COC1OC(CO)C(O)C(OS(=O)(=O)O)C1O. The van der Waals surface area contributed by atoms with E-state index in [1.54, 1.807) is 0 Å². The summed E-state index contributed by atoms with van der Waals surface area (Å²) in [7, 11) is -5.06. The van der Waals surface area contributed by atoms with Crippen molar-refractivity contribution < 1.29 is 56.2 Å². The fourth-order valence-electron chi connectivity index (χ4n) is 8.08. The molecule has 6 unspecified atom stereocenters. The fraction of sp³-hybridized carbons (Fsp3) is 0.902. The Labute approximate surface area is 391 Å². The topological polar surface area (TPSA) is 178 Å². The first-order chi connectivity index (χ1) is 31.1. The number of ether oxygens (including phenoxy) is 4. The molecule has 12 nitrogen and oxygen atoms in total. The van der Waals surface area contributed by atoms with Crippen LogP contribution >= 0.6 is 0 Å². The summed E-state index contributed by atoms with van der Waals surface area (Å²) in [5.74, 6) is -0.405. The van der Waals surface area contributed by atoms with Gasteiger partial charge in [0.1, 0.15) is 30.5 Å². The maximum Gasteiger partial charge on any atom is 0.397 e. The first kappa shape index (κ1) is 60.6. The molecule has 6 atom stereocenters. The van der Waals surface area contributed by atoms with E-state index in [9.17, 15) is 33.1 Å². The molecule has 0 aromatic carbocycles. The van der Waals surface area contributed by atoms with E-state index >= 15 is 0 Å². The first-order valence-electron chi connectivity index (χ1n) is 26.1. The van der Waals surface area contributed by atoms with E-state index in [0.29, 0.717) is 13.0 Å². The highest BCUT2D eigenvalue weighted by Gasteiger charge is 2.48. The Morgan fingerprint density at radius 2 is 0.984 bits per heavy atom. The van der Waals surface area contributed by atoms with Gasteiger partial charge in [0.05, 0.1) is 19.8 Å². The number of aliphatic hydroxyl groups is 3. The van der Waals surface area contributed by atoms with Gasteiger partial charge in [-0.25, -0.2) is 4.18 Å². The molecule has 0 radical (unpaired) electrons. The number of unbranched alkanes of at least 4 members (excludes halogenated alkanes) is 29. The highest BCUT2D eigenvalue weighted by molar-refractivity contribution is 7.80. The molecule has 0 aromatic rings. The molecule has 0 amide bonds. The Morgan fingerprint density at radius 3 is 1.41 bits per heavy atom. The Kier molecular flexibility index (Phi) is 40.6. The van der Waals surface area contributed by atoms with Gasteiger partial charge in [-0.15, -0.1) is 0 Å². The first-order valence-corrected chi connectivity index (χ1v) is 27.5. The average molecular weight is 933 g/mol. The number of carbonyl (C=O) groups excluding carboxylic acids is 1. The minimum absolute atomic E-state index is 0.0347. The van der Waals surface area contributed by atoms with Crippen molar-refractivity contribution in [3.63, 3.8) is 0 Å². The van der Waals surface area contributed by atoms with Gasteiger partial charge >= 0.3 is 16.4 Å². The minimum Gasteiger partial charge on any atom is -0.457 e. The molecule has 0 bridgehead atoms. The monoisotopic (exact) mass is 933 g/mol. The van der Waals surface area contributed by atoms with Crippen LogP contribution < -0.4 is 0 Å². The van der Waals surface area contributed by atoms with Crippen molar-refractivity contribution in [2.45, 2.75) is 269 Å². The van der Waals surface area contributed by atoms with Gasteiger partial charge in [-0.05, 0) is 64.2 Å². The summed E-state index contributed by atoms with van der Waals surface area (Å²) >= 11 is 0. The smallest absolute Gasteiger partial charge is 0.397 e. The molecule has 1 rings (SSSR count). The molecule has 378 valence electrons. The summed E-state index contributed by atoms with van der Waals surface area (Å²) in [6.45, 7) is 4.00. The van der Waals surface area contributed by atoms with Gasteiger partial charge in [-0.3, -0.25) is 9.35 Å². The molecule has 0 spiro atoms. The van der Waals surface area contributed by atoms with E-state index in [0.717, 1.165) is 57.8 Å². The summed E-state index contributed by atoms with van der Waals surface area (Å²) in [5, 5.41) is 30.7. The lowest BCUT2D eigenvalue weighted by molar-refractivity contribution is -0.301. The zero-order valence-electron chi connectivity index (χ0n) is 40.6. The predicted molar refractivity (Wildman–Crippen MR) is 257 cm³/mol. The summed E-state index contributed by atoms with van der Waals surface area (Å²) in [6, 6.07) is 0. The Balaban J connectivity index is 2.34. The fourth-order valence-corrected chi connectivity index (χ4v) is 8.58. The maximum absolute atomic E-state index is 12.9. The Morgan fingerprint density at radius 1 is 0.578 bits per heavy atom. The van der Waals surface area contributed by atoms with Crippen LogP contribution in [0.15, 0.2) is 24.3 Å². The molecule has 0 aromatic heterocycles. The van der Waals surface area contributed by atoms with Crippen LogP contribution in [0, 0.1) is 0 Å². The predicted octanol–water partition coefficient (Wildman–Crippen LogP) is 12.0. The summed E-state index contributed by atoms with van der Waals surface area (Å²) < 4.78 is 59.2. The molecular formula is C51H96O12S. The van der Waals surface area contributed by atoms with Gasteiger partial charge < -0.3 is 34.3 Å². The normalized spacial score (nSPS) is 19.9. The highest BCUT2D eigenvalue weighted by Crippen LogP contribution is 2.26. The van der Waals surface area contributed by atoms with Crippen LogP contribution in [0.3, 0.4) is 0 Å². The lowest BCUT2D eigenvalue weighted by Gasteiger charge is -2.41. The van der Waals surface area contributed by atoms with Crippen molar-refractivity contribution in [1.82, 2.24) is 0 Å². The van der Waals surface area contributed by atoms with E-state index in [1.165, 1.54) is 148 Å². The molecule has 13 heteroatoms. The van der Waals surface area contributed by atoms with E-state index in [2.05, 4.69) is 42.3 Å². The van der Waals surface area contributed by atoms with E-state index in [-0.39, 0.29) is 19.6 Å². The van der Waals surface area contributed by atoms with Crippen molar-refractivity contribution in [2.75, 3.05) is 26.4 Å². The number of rotatable bonds is 46. The van der Waals surface area contributed by atoms with Crippen molar-refractivity contribution in [2.24, 2.45) is 0 Å². The average Bonchev–Trinajstić information content (AvgIpc) is 3.27. The molecular weight excluding hydrogens is 837 g/mol. The highest BCUT2D eigenvalue weighted by atomic mass is 32.3. The number of hydrogen-bond donors (Lipinski definition) is 4. The van der Waals surface area contributed by atoms with Crippen LogP contribution in [0.25, 0.3) is 0 Å². The summed E-state index contributed by atoms with van der Waals surface area (Å²) in [4.78, 5) is 12.9. The van der Waals surface area contributed by atoms with Crippen molar-refractivity contribution >= 4 is 16.4 Å². The molecule has 4 N–H and O–H groups in total. The molecule has 1 saturated heterocycles. The number of carbonyl (C=O) groups is 1. The largest absolute Gasteiger partial charge is 0.457 e. The zero-order chi connectivity index (χ0) is 46.8. The van der Waals surface area contributed by atoms with Gasteiger partial charge in [0.15, 0.2) is 6.29 Å². The molecule has 0 saturated carbocycles. The molecule has 64 heavy (non-hydrogen) atoms. The van der Waals surface area contributed by atoms with Gasteiger partial charge in [0.2, 0.25) is 0 Å². The number of hydrogen-bond acceptors (Lipinski definition) is 11. The standard InChI is InChI=1S/C51H96O12S/c1-3-5-7-9-11-13-15-17-19-20-21-22-23-24-25-27-29-31-33-35-37-39-41-59-43-45(44-60-51-49(55)50(63-64(56,57)58)48(54)46(42-52)62-51)61-47(53)40-38-36-34-32-30-28-26-18-16-14-12-10-8-6-4-2/h18,20-21,26,45-46,48-52,54-55H,3-17,19,22-25,27-44H2,1-2H3,(H,56,57,58)/b21-20-,26-18-.